The van der Waals surface area contributed by atoms with Gasteiger partial charge in [0.15, 0.2) is 11.6 Å². The summed E-state index contributed by atoms with van der Waals surface area (Å²) in [5.41, 5.74) is -0.417. The van der Waals surface area contributed by atoms with Crippen LogP contribution in [0.5, 0.6) is 0 Å². The van der Waals surface area contributed by atoms with Crippen LogP contribution in [0.1, 0.15) is 30.5 Å². The number of hydrogen-bond acceptors (Lipinski definition) is 2. The van der Waals surface area contributed by atoms with Crippen molar-refractivity contribution in [1.82, 2.24) is 10.3 Å². The first-order chi connectivity index (χ1) is 14.1. The number of halogens is 5. The SMILES string of the molecule is CCC(NC(=O)C(=O)Nc1c[nH]c2cc(F)c(F)cc12)c1cccc(C(F)(F)F)c1. The Morgan fingerprint density at radius 1 is 1.07 bits per heavy atom. The zero-order valence-electron chi connectivity index (χ0n) is 15.5. The molecule has 3 rings (SSSR count). The van der Waals surface area contributed by atoms with Crippen LogP contribution in [0.25, 0.3) is 10.9 Å². The number of alkyl halides is 3. The van der Waals surface area contributed by atoms with E-state index in [1.54, 1.807) is 6.92 Å². The lowest BCUT2D eigenvalue weighted by Crippen LogP contribution is -2.37. The molecule has 0 aliphatic carbocycles. The molecule has 5 nitrogen and oxygen atoms in total. The fraction of sp³-hybridized carbons (Fsp3) is 0.200. The molecule has 3 N–H and O–H groups in total. The Hall–Kier alpha value is -3.43. The van der Waals surface area contributed by atoms with Gasteiger partial charge < -0.3 is 15.6 Å². The highest BCUT2D eigenvalue weighted by Gasteiger charge is 2.31. The number of hydrogen-bond donors (Lipinski definition) is 3. The Morgan fingerprint density at radius 3 is 2.43 bits per heavy atom. The lowest BCUT2D eigenvalue weighted by Gasteiger charge is -2.18. The van der Waals surface area contributed by atoms with Crippen LogP contribution in [0.2, 0.25) is 0 Å². The molecule has 0 saturated carbocycles. The van der Waals surface area contributed by atoms with Gasteiger partial charge in [-0.3, -0.25) is 9.59 Å². The summed E-state index contributed by atoms with van der Waals surface area (Å²) in [5, 5.41) is 4.81. The van der Waals surface area contributed by atoms with E-state index in [9.17, 15) is 31.5 Å². The van der Waals surface area contributed by atoms with Crippen LogP contribution in [0.15, 0.2) is 42.6 Å². The fourth-order valence-corrected chi connectivity index (χ4v) is 2.98. The molecule has 0 fully saturated rings. The van der Waals surface area contributed by atoms with Gasteiger partial charge >= 0.3 is 18.0 Å². The van der Waals surface area contributed by atoms with E-state index in [0.717, 1.165) is 24.3 Å². The molecule has 2 aromatic carbocycles. The van der Waals surface area contributed by atoms with E-state index in [1.165, 1.54) is 18.3 Å². The first kappa shape index (κ1) is 21.3. The van der Waals surface area contributed by atoms with Crippen molar-refractivity contribution in [2.75, 3.05) is 5.32 Å². The van der Waals surface area contributed by atoms with E-state index in [2.05, 4.69) is 15.6 Å². The summed E-state index contributed by atoms with van der Waals surface area (Å²) >= 11 is 0. The number of aromatic nitrogens is 1. The van der Waals surface area contributed by atoms with Crippen LogP contribution < -0.4 is 10.6 Å². The van der Waals surface area contributed by atoms with E-state index in [1.807, 2.05) is 0 Å². The van der Waals surface area contributed by atoms with Gasteiger partial charge in [-0.15, -0.1) is 0 Å². The van der Waals surface area contributed by atoms with Gasteiger partial charge in [-0.2, -0.15) is 13.2 Å². The molecule has 0 aliphatic heterocycles. The van der Waals surface area contributed by atoms with Gasteiger partial charge in [-0.1, -0.05) is 19.1 Å². The molecule has 1 atom stereocenters. The highest BCUT2D eigenvalue weighted by molar-refractivity contribution is 6.40. The number of anilines is 1. The number of carbonyl (C=O) groups is 2. The first-order valence-electron chi connectivity index (χ1n) is 8.85. The van der Waals surface area contributed by atoms with Crippen LogP contribution in [-0.4, -0.2) is 16.8 Å². The number of carbonyl (C=O) groups excluding carboxylic acids is 2. The summed E-state index contributed by atoms with van der Waals surface area (Å²) in [6.07, 6.45) is -3.05. The molecule has 3 aromatic rings. The van der Waals surface area contributed by atoms with Gasteiger partial charge in [-0.05, 0) is 30.2 Å². The number of fused-ring (bicyclic) bond motifs is 1. The number of aromatic amines is 1. The van der Waals surface area contributed by atoms with Crippen molar-refractivity contribution in [3.05, 3.63) is 65.4 Å². The molecule has 0 saturated heterocycles. The molecule has 10 heteroatoms. The van der Waals surface area contributed by atoms with Gasteiger partial charge in [0.1, 0.15) is 0 Å². The van der Waals surface area contributed by atoms with Crippen molar-refractivity contribution in [3.8, 4) is 0 Å². The summed E-state index contributed by atoms with van der Waals surface area (Å²) in [4.78, 5) is 27.1. The Labute approximate surface area is 167 Å². The fourth-order valence-electron chi connectivity index (χ4n) is 2.98. The Bertz CT molecular complexity index is 1110. The van der Waals surface area contributed by atoms with Crippen LogP contribution >= 0.6 is 0 Å². The average molecular weight is 425 g/mol. The summed E-state index contributed by atoms with van der Waals surface area (Å²) in [6.45, 7) is 1.64. The minimum atomic E-state index is -4.54. The van der Waals surface area contributed by atoms with E-state index < -0.39 is 41.2 Å². The van der Waals surface area contributed by atoms with E-state index in [0.29, 0.717) is 0 Å². The molecular weight excluding hydrogens is 409 g/mol. The van der Waals surface area contributed by atoms with Gasteiger partial charge in [-0.25, -0.2) is 8.78 Å². The third kappa shape index (κ3) is 4.42. The summed E-state index contributed by atoms with van der Waals surface area (Å²) in [7, 11) is 0. The summed E-state index contributed by atoms with van der Waals surface area (Å²) in [6, 6.07) is 5.38. The molecule has 30 heavy (non-hydrogen) atoms. The number of H-pyrrole nitrogens is 1. The number of nitrogens with one attached hydrogen (secondary N) is 3. The maximum absolute atomic E-state index is 13.5. The predicted molar refractivity (Wildman–Crippen MR) is 99.5 cm³/mol. The quantitative estimate of drug-likeness (QED) is 0.420. The normalized spacial score (nSPS) is 12.6. The van der Waals surface area contributed by atoms with E-state index in [4.69, 9.17) is 0 Å². The molecule has 1 heterocycles. The first-order valence-corrected chi connectivity index (χ1v) is 8.85. The zero-order valence-corrected chi connectivity index (χ0v) is 15.5. The minimum absolute atomic E-state index is 0.0520. The highest BCUT2D eigenvalue weighted by Crippen LogP contribution is 2.31. The zero-order chi connectivity index (χ0) is 22.1. The molecule has 0 radical (unpaired) electrons. The monoisotopic (exact) mass is 425 g/mol. The second-order valence-electron chi connectivity index (χ2n) is 6.53. The van der Waals surface area contributed by atoms with Crippen molar-refractivity contribution in [2.24, 2.45) is 0 Å². The van der Waals surface area contributed by atoms with E-state index in [-0.39, 0.29) is 28.6 Å². The average Bonchev–Trinajstić information content (AvgIpc) is 3.07. The topological polar surface area (TPSA) is 74.0 Å². The maximum atomic E-state index is 13.5. The predicted octanol–water partition coefficient (Wildman–Crippen LogP) is 4.67. The summed E-state index contributed by atoms with van der Waals surface area (Å²) < 4.78 is 65.5. The lowest BCUT2D eigenvalue weighted by molar-refractivity contribution is -0.137. The molecular formula is C20H16F5N3O2. The van der Waals surface area contributed by atoms with Crippen molar-refractivity contribution >= 4 is 28.4 Å². The largest absolute Gasteiger partial charge is 0.416 e. The Kier molecular flexibility index (Phi) is 5.77. The highest BCUT2D eigenvalue weighted by atomic mass is 19.4. The smallest absolute Gasteiger partial charge is 0.359 e. The summed E-state index contributed by atoms with van der Waals surface area (Å²) in [5.74, 6) is -4.40. The number of amides is 2. The van der Waals surface area contributed by atoms with Crippen molar-refractivity contribution in [2.45, 2.75) is 25.6 Å². The van der Waals surface area contributed by atoms with Crippen LogP contribution in [0, 0.1) is 11.6 Å². The molecule has 0 bridgehead atoms. The standard InChI is InChI=1S/C20H16F5N3O2/c1-2-15(10-4-3-5-11(6-10)20(23,24)25)27-18(29)19(30)28-17-9-26-16-8-14(22)13(21)7-12(16)17/h3-9,15,26H,2H2,1H3,(H,27,29)(H,28,30). The lowest BCUT2D eigenvalue weighted by atomic mass is 10.0. The molecule has 1 unspecified atom stereocenters. The van der Waals surface area contributed by atoms with Crippen LogP contribution in [0.4, 0.5) is 27.6 Å². The molecule has 1 aromatic heterocycles. The van der Waals surface area contributed by atoms with E-state index >= 15 is 0 Å². The third-order valence-electron chi connectivity index (χ3n) is 4.51. The van der Waals surface area contributed by atoms with Gasteiger partial charge in [0.2, 0.25) is 0 Å². The van der Waals surface area contributed by atoms with Gasteiger partial charge in [0, 0.05) is 17.6 Å². The molecule has 2 amide bonds. The Balaban J connectivity index is 1.75. The third-order valence-corrected chi connectivity index (χ3v) is 4.51. The molecule has 158 valence electrons. The van der Waals surface area contributed by atoms with Gasteiger partial charge in [0.05, 0.1) is 22.8 Å². The Morgan fingerprint density at radius 2 is 1.77 bits per heavy atom. The maximum Gasteiger partial charge on any atom is 0.416 e. The van der Waals surface area contributed by atoms with Crippen LogP contribution in [0.3, 0.4) is 0 Å². The van der Waals surface area contributed by atoms with Gasteiger partial charge in [0.25, 0.3) is 0 Å². The number of rotatable bonds is 4. The molecule has 0 spiro atoms. The number of benzene rings is 2. The van der Waals surface area contributed by atoms with Crippen LogP contribution in [-0.2, 0) is 15.8 Å². The van der Waals surface area contributed by atoms with Crippen molar-refractivity contribution < 1.29 is 31.5 Å². The van der Waals surface area contributed by atoms with Crippen molar-refractivity contribution in [3.63, 3.8) is 0 Å². The second kappa shape index (κ2) is 8.13. The minimum Gasteiger partial charge on any atom is -0.359 e. The molecule has 0 aliphatic rings. The van der Waals surface area contributed by atoms with Crippen molar-refractivity contribution in [1.29, 1.82) is 0 Å². The second-order valence-corrected chi connectivity index (χ2v) is 6.53.